The lowest BCUT2D eigenvalue weighted by Gasteiger charge is -2.27. The number of aromatic hydroxyl groups is 2. The van der Waals surface area contributed by atoms with Crippen LogP contribution in [0, 0.1) is 13.8 Å². The van der Waals surface area contributed by atoms with E-state index in [2.05, 4.69) is 10.1 Å². The number of hydrogen-bond donors (Lipinski definition) is 3. The second-order valence-corrected chi connectivity index (χ2v) is 12.3. The smallest absolute Gasteiger partial charge is 0.330 e. The van der Waals surface area contributed by atoms with Gasteiger partial charge in [-0.25, -0.2) is 14.5 Å². The van der Waals surface area contributed by atoms with Crippen LogP contribution >= 0.6 is 0 Å². The van der Waals surface area contributed by atoms with E-state index in [0.29, 0.717) is 23.4 Å². The standard InChI is InChI=1S/C37H29N5O6/c1-19-30(43)28(24-15-14-23-34(38-24)41(36(47)39-35(23)46)17-16-21-10-6-4-7-11-21)32-29(31(19)44)37(3)26(48-32)18-25-27(33(37)45)20(2)40-42(25)22-12-8-5-9-13-22/h4-15,18,43-44H,16-17H2,1-3H3,(H,39,46,47)/t37-/m0/s1. The number of nitrogens with one attached hydrogen (secondary N) is 1. The fourth-order valence-corrected chi connectivity index (χ4v) is 6.86. The van der Waals surface area contributed by atoms with Crippen LogP contribution in [0.2, 0.25) is 0 Å². The van der Waals surface area contributed by atoms with Gasteiger partial charge in [-0.2, -0.15) is 5.10 Å². The van der Waals surface area contributed by atoms with Crippen LogP contribution in [0.5, 0.6) is 17.2 Å². The number of phenols is 2. The van der Waals surface area contributed by atoms with Crippen LogP contribution in [0.4, 0.5) is 0 Å². The third-order valence-corrected chi connectivity index (χ3v) is 9.45. The first-order valence-corrected chi connectivity index (χ1v) is 15.5. The van der Waals surface area contributed by atoms with Crippen LogP contribution in [0.3, 0.4) is 0 Å². The Morgan fingerprint density at radius 3 is 2.33 bits per heavy atom. The topological polar surface area (TPSA) is 152 Å². The Kier molecular flexibility index (Phi) is 6.32. The van der Waals surface area contributed by atoms with E-state index in [1.54, 1.807) is 37.6 Å². The molecule has 2 aliphatic rings. The van der Waals surface area contributed by atoms with Crippen molar-refractivity contribution in [2.45, 2.75) is 39.2 Å². The van der Waals surface area contributed by atoms with Gasteiger partial charge in [-0.1, -0.05) is 48.5 Å². The molecule has 0 fully saturated rings. The van der Waals surface area contributed by atoms with Crippen molar-refractivity contribution < 1.29 is 19.7 Å². The highest BCUT2D eigenvalue weighted by atomic mass is 16.5. The number of Topliss-reactive ketones (excluding diaryl/α,β-unsaturated/α-hetero) is 1. The fourth-order valence-electron chi connectivity index (χ4n) is 6.86. The lowest BCUT2D eigenvalue weighted by molar-refractivity contribution is 0.0905. The van der Waals surface area contributed by atoms with Gasteiger partial charge >= 0.3 is 5.69 Å². The normalized spacial score (nSPS) is 16.3. The second-order valence-electron chi connectivity index (χ2n) is 12.3. The highest BCUT2D eigenvalue weighted by molar-refractivity contribution is 6.14. The average molecular weight is 640 g/mol. The molecule has 238 valence electrons. The Labute approximate surface area is 273 Å². The van der Waals surface area contributed by atoms with Crippen LogP contribution < -0.4 is 16.0 Å². The molecule has 11 nitrogen and oxygen atoms in total. The molecule has 11 heteroatoms. The van der Waals surface area contributed by atoms with Gasteiger partial charge in [-0.15, -0.1) is 0 Å². The average Bonchev–Trinajstić information content (AvgIpc) is 3.58. The number of benzene rings is 3. The van der Waals surface area contributed by atoms with Crippen molar-refractivity contribution in [3.05, 3.63) is 133 Å². The van der Waals surface area contributed by atoms with Gasteiger partial charge in [0.15, 0.2) is 5.78 Å². The highest BCUT2D eigenvalue weighted by Gasteiger charge is 2.55. The van der Waals surface area contributed by atoms with Gasteiger partial charge in [0.25, 0.3) is 5.56 Å². The van der Waals surface area contributed by atoms with E-state index in [1.807, 2.05) is 60.7 Å². The second kappa shape index (κ2) is 10.4. The first-order valence-electron chi connectivity index (χ1n) is 15.5. The Morgan fingerprint density at radius 1 is 0.896 bits per heavy atom. The fraction of sp³-hybridized carbons (Fsp3) is 0.162. The van der Waals surface area contributed by atoms with Gasteiger partial charge in [0.1, 0.15) is 34.1 Å². The van der Waals surface area contributed by atoms with Crippen molar-refractivity contribution in [2.75, 3.05) is 0 Å². The molecule has 8 rings (SSSR count). The van der Waals surface area contributed by atoms with Crippen LogP contribution in [0.1, 0.15) is 45.4 Å². The molecule has 0 saturated heterocycles. The number of para-hydroxylation sites is 1. The van der Waals surface area contributed by atoms with Crippen LogP contribution in [-0.4, -0.2) is 40.3 Å². The Balaban J connectivity index is 1.32. The van der Waals surface area contributed by atoms with E-state index in [4.69, 9.17) is 9.72 Å². The van der Waals surface area contributed by atoms with Gasteiger partial charge in [0.2, 0.25) is 0 Å². The molecule has 3 aromatic heterocycles. The molecule has 6 aromatic rings. The molecule has 0 amide bonds. The number of fused-ring (bicyclic) bond motifs is 5. The molecule has 3 N–H and O–H groups in total. The van der Waals surface area contributed by atoms with Crippen LogP contribution in [0.25, 0.3) is 34.1 Å². The molecule has 48 heavy (non-hydrogen) atoms. The number of carbonyl (C=O) groups excluding carboxylic acids is 1. The molecule has 0 spiro atoms. The molecule has 0 bridgehead atoms. The SMILES string of the molecule is Cc1nn(-c2ccccc2)c2c1C(=O)[C@@]1(C)C(=C2)Oc2c(-c3ccc4c(=O)[nH]c(=O)n(CCc5ccccc5)c4n3)c(O)c(C)c(O)c21. The third-order valence-electron chi connectivity index (χ3n) is 9.45. The summed E-state index contributed by atoms with van der Waals surface area (Å²) in [5, 5.41) is 27.9. The molecule has 3 aromatic carbocycles. The van der Waals surface area contributed by atoms with Crippen molar-refractivity contribution in [2.24, 2.45) is 0 Å². The maximum Gasteiger partial charge on any atom is 0.330 e. The number of H-pyrrole nitrogens is 1. The molecule has 0 radical (unpaired) electrons. The summed E-state index contributed by atoms with van der Waals surface area (Å²) in [6, 6.07) is 22.1. The zero-order valence-electron chi connectivity index (χ0n) is 26.2. The number of ether oxygens (including phenoxy) is 1. The number of phenolic OH excluding ortho intramolecular Hbond substituents is 2. The molecule has 0 saturated carbocycles. The number of nitrogens with zero attached hydrogens (tertiary/aromatic N) is 4. The maximum atomic E-state index is 14.5. The summed E-state index contributed by atoms with van der Waals surface area (Å²) in [4.78, 5) is 47.5. The summed E-state index contributed by atoms with van der Waals surface area (Å²) in [5.74, 6) is -0.576. The van der Waals surface area contributed by atoms with Crippen LogP contribution in [-0.2, 0) is 18.4 Å². The summed E-state index contributed by atoms with van der Waals surface area (Å²) >= 11 is 0. The number of aryl methyl sites for hydroxylation is 3. The summed E-state index contributed by atoms with van der Waals surface area (Å²) in [6.45, 7) is 5.22. The Bertz CT molecular complexity index is 2490. The van der Waals surface area contributed by atoms with Gasteiger partial charge in [-0.3, -0.25) is 19.1 Å². The minimum Gasteiger partial charge on any atom is -0.507 e. The lowest BCUT2D eigenvalue weighted by atomic mass is 9.71. The third kappa shape index (κ3) is 4.03. The van der Waals surface area contributed by atoms with Gasteiger partial charge in [-0.05, 0) is 57.0 Å². The molecule has 1 aliphatic heterocycles. The van der Waals surface area contributed by atoms with E-state index in [1.165, 1.54) is 10.6 Å². The zero-order chi connectivity index (χ0) is 33.5. The minimum absolute atomic E-state index is 0.0644. The van der Waals surface area contributed by atoms with Gasteiger partial charge in [0.05, 0.1) is 44.8 Å². The Morgan fingerprint density at radius 2 is 1.60 bits per heavy atom. The molecular formula is C37H29N5O6. The summed E-state index contributed by atoms with van der Waals surface area (Å²) in [6.07, 6.45) is 2.25. The van der Waals surface area contributed by atoms with E-state index in [9.17, 15) is 24.6 Å². The molecule has 0 unspecified atom stereocenters. The molecule has 4 heterocycles. The van der Waals surface area contributed by atoms with Crippen molar-refractivity contribution in [1.29, 1.82) is 0 Å². The first-order chi connectivity index (χ1) is 23.1. The van der Waals surface area contributed by atoms with E-state index in [-0.39, 0.29) is 68.8 Å². The summed E-state index contributed by atoms with van der Waals surface area (Å²) in [5.41, 5.74) is 1.33. The van der Waals surface area contributed by atoms with Gasteiger partial charge < -0.3 is 14.9 Å². The number of aromatic nitrogens is 5. The predicted octanol–water partition coefficient (Wildman–Crippen LogP) is 5.10. The monoisotopic (exact) mass is 639 g/mol. The largest absolute Gasteiger partial charge is 0.507 e. The summed E-state index contributed by atoms with van der Waals surface area (Å²) in [7, 11) is 0. The van der Waals surface area contributed by atoms with E-state index in [0.717, 1.165) is 11.3 Å². The number of pyridine rings is 1. The minimum atomic E-state index is -1.44. The number of carbonyl (C=O) groups is 1. The van der Waals surface area contributed by atoms with Crippen molar-refractivity contribution >= 4 is 22.9 Å². The maximum absolute atomic E-state index is 14.5. The Hall–Kier alpha value is -6.23. The van der Waals surface area contributed by atoms with Crippen molar-refractivity contribution in [3.63, 3.8) is 0 Å². The molecule has 1 atom stereocenters. The summed E-state index contributed by atoms with van der Waals surface area (Å²) < 4.78 is 9.51. The van der Waals surface area contributed by atoms with E-state index >= 15 is 0 Å². The highest BCUT2D eigenvalue weighted by Crippen LogP contribution is 2.60. The predicted molar refractivity (Wildman–Crippen MR) is 179 cm³/mol. The number of aromatic amines is 1. The number of rotatable bonds is 5. The lowest BCUT2D eigenvalue weighted by Crippen LogP contribution is -2.36. The quantitative estimate of drug-likeness (QED) is 0.236. The van der Waals surface area contributed by atoms with Crippen LogP contribution in [0.15, 0.2) is 88.1 Å². The number of allylic oxidation sites excluding steroid dienone is 1. The first kappa shape index (κ1) is 29.2. The molecule has 1 aliphatic carbocycles. The van der Waals surface area contributed by atoms with Gasteiger partial charge in [0, 0.05) is 18.2 Å². The number of hydrogen-bond acceptors (Lipinski definition) is 8. The zero-order valence-corrected chi connectivity index (χ0v) is 26.2. The number of ketones is 1. The van der Waals surface area contributed by atoms with Crippen molar-refractivity contribution in [1.82, 2.24) is 24.3 Å². The van der Waals surface area contributed by atoms with Crippen molar-refractivity contribution in [3.8, 4) is 34.2 Å². The molecular weight excluding hydrogens is 610 g/mol. The van der Waals surface area contributed by atoms with E-state index < -0.39 is 16.7 Å².